The van der Waals surface area contributed by atoms with E-state index in [4.69, 9.17) is 0 Å². The van der Waals surface area contributed by atoms with Crippen LogP contribution in [0, 0.1) is 6.92 Å². The van der Waals surface area contributed by atoms with Gasteiger partial charge in [0, 0.05) is 37.4 Å². The van der Waals surface area contributed by atoms with E-state index in [1.807, 2.05) is 7.05 Å². The van der Waals surface area contributed by atoms with Crippen molar-refractivity contribution in [3.05, 3.63) is 52.8 Å². The number of piperidine rings is 1. The molecule has 2 aliphatic rings. The molecule has 0 saturated carbocycles. The second kappa shape index (κ2) is 8.41. The lowest BCUT2D eigenvalue weighted by Crippen LogP contribution is -2.56. The topological polar surface area (TPSA) is 62.6 Å². The molecule has 1 saturated heterocycles. The van der Waals surface area contributed by atoms with Gasteiger partial charge in [0.2, 0.25) is 0 Å². The maximum absolute atomic E-state index is 13.5. The van der Waals surface area contributed by atoms with Crippen LogP contribution in [0.1, 0.15) is 54.0 Å². The van der Waals surface area contributed by atoms with Gasteiger partial charge >= 0.3 is 6.18 Å². The van der Waals surface area contributed by atoms with Crippen molar-refractivity contribution in [2.75, 3.05) is 26.7 Å². The Kier molecular flexibility index (Phi) is 6.13. The number of hydrogen-bond donors (Lipinski definition) is 0. The summed E-state index contributed by atoms with van der Waals surface area (Å²) in [5.74, 6) is -0.189. The van der Waals surface area contributed by atoms with Crippen LogP contribution >= 0.6 is 0 Å². The molecule has 1 aromatic heterocycles. The predicted molar refractivity (Wildman–Crippen MR) is 122 cm³/mol. The van der Waals surface area contributed by atoms with Gasteiger partial charge in [0.15, 0.2) is 9.84 Å². The smallest absolute Gasteiger partial charge is 0.338 e. The Morgan fingerprint density at radius 2 is 1.68 bits per heavy atom. The molecule has 1 aromatic carbocycles. The zero-order valence-corrected chi connectivity index (χ0v) is 20.6. The number of aryl methyl sites for hydroxylation is 1. The van der Waals surface area contributed by atoms with Crippen molar-refractivity contribution in [1.82, 2.24) is 14.4 Å². The van der Waals surface area contributed by atoms with Gasteiger partial charge in [-0.15, -0.1) is 0 Å². The molecular formula is C24H30F3N3O3S. The zero-order valence-electron chi connectivity index (χ0n) is 19.8. The summed E-state index contributed by atoms with van der Waals surface area (Å²) in [6.07, 6.45) is -3.36. The normalized spacial score (nSPS) is 19.0. The molecule has 6 nitrogen and oxygen atoms in total. The second-order valence-electron chi connectivity index (χ2n) is 9.57. The third-order valence-corrected chi connectivity index (χ3v) is 9.55. The molecule has 0 aliphatic carbocycles. The van der Waals surface area contributed by atoms with Gasteiger partial charge in [-0.3, -0.25) is 9.69 Å². The largest absolute Gasteiger partial charge is 0.431 e. The van der Waals surface area contributed by atoms with E-state index < -0.39 is 32.5 Å². The van der Waals surface area contributed by atoms with Crippen molar-refractivity contribution in [3.8, 4) is 0 Å². The van der Waals surface area contributed by atoms with Crippen molar-refractivity contribution in [3.63, 3.8) is 0 Å². The summed E-state index contributed by atoms with van der Waals surface area (Å²) in [5, 5.41) is -0.559. The first-order valence-electron chi connectivity index (χ1n) is 11.4. The number of benzene rings is 1. The van der Waals surface area contributed by atoms with E-state index in [1.54, 1.807) is 37.8 Å². The van der Waals surface area contributed by atoms with Crippen LogP contribution < -0.4 is 0 Å². The highest BCUT2D eigenvalue weighted by Crippen LogP contribution is 2.44. The molecule has 0 atom stereocenters. The summed E-state index contributed by atoms with van der Waals surface area (Å²) >= 11 is 0. The molecule has 10 heteroatoms. The molecule has 34 heavy (non-hydrogen) atoms. The summed E-state index contributed by atoms with van der Waals surface area (Å²) in [7, 11) is -1.51. The second-order valence-corrected chi connectivity index (χ2v) is 12.1. The molecule has 0 bridgehead atoms. The van der Waals surface area contributed by atoms with E-state index in [0.29, 0.717) is 49.3 Å². The van der Waals surface area contributed by atoms with Crippen molar-refractivity contribution in [2.45, 2.75) is 62.0 Å². The maximum Gasteiger partial charge on any atom is 0.431 e. The van der Waals surface area contributed by atoms with Crippen LogP contribution in [0.4, 0.5) is 13.2 Å². The SMILES string of the molecule is Cc1cc(S(=O)(=O)C(C)C)ccc1C(=O)N1CCC2(CC1)c1ccc(C(F)(F)F)n1CCN2C. The van der Waals surface area contributed by atoms with Crippen LogP contribution in [-0.4, -0.2) is 60.6 Å². The number of nitrogens with zero attached hydrogens (tertiary/aromatic N) is 3. The van der Waals surface area contributed by atoms with Crippen LogP contribution in [0.5, 0.6) is 0 Å². The Hall–Kier alpha value is -2.33. The highest BCUT2D eigenvalue weighted by molar-refractivity contribution is 7.92. The molecule has 3 heterocycles. The quantitative estimate of drug-likeness (QED) is 0.641. The Balaban J connectivity index is 1.56. The van der Waals surface area contributed by atoms with E-state index in [2.05, 4.69) is 4.90 Å². The molecule has 1 spiro atoms. The third kappa shape index (κ3) is 3.94. The molecule has 2 aromatic rings. The molecule has 1 fully saturated rings. The van der Waals surface area contributed by atoms with Crippen molar-refractivity contribution in [1.29, 1.82) is 0 Å². The highest BCUT2D eigenvalue weighted by Gasteiger charge is 2.47. The molecule has 0 unspecified atom stereocenters. The summed E-state index contributed by atoms with van der Waals surface area (Å²) in [4.78, 5) is 17.3. The van der Waals surface area contributed by atoms with Gasteiger partial charge in [0.25, 0.3) is 5.91 Å². The van der Waals surface area contributed by atoms with Crippen LogP contribution in [0.2, 0.25) is 0 Å². The van der Waals surface area contributed by atoms with Crippen molar-refractivity contribution < 1.29 is 26.4 Å². The number of alkyl halides is 3. The van der Waals surface area contributed by atoms with Gasteiger partial charge in [-0.1, -0.05) is 0 Å². The van der Waals surface area contributed by atoms with E-state index in [0.717, 1.165) is 6.07 Å². The minimum Gasteiger partial charge on any atom is -0.338 e. The number of carbonyl (C=O) groups excluding carboxylic acids is 1. The summed E-state index contributed by atoms with van der Waals surface area (Å²) in [5.41, 5.74) is 0.507. The first kappa shape index (κ1) is 24.8. The maximum atomic E-state index is 13.5. The Morgan fingerprint density at radius 3 is 2.24 bits per heavy atom. The average Bonchev–Trinajstić information content (AvgIpc) is 3.22. The number of rotatable bonds is 3. The fraction of sp³-hybridized carbons (Fsp3) is 0.542. The number of sulfone groups is 1. The monoisotopic (exact) mass is 497 g/mol. The first-order chi connectivity index (χ1) is 15.8. The minimum absolute atomic E-state index is 0.189. The third-order valence-electron chi connectivity index (χ3n) is 7.39. The Labute approximate surface area is 198 Å². The summed E-state index contributed by atoms with van der Waals surface area (Å²) in [6, 6.07) is 7.30. The van der Waals surface area contributed by atoms with Gasteiger partial charge < -0.3 is 9.47 Å². The Bertz CT molecular complexity index is 1210. The lowest BCUT2D eigenvalue weighted by molar-refractivity contribution is -0.144. The fourth-order valence-electron chi connectivity index (χ4n) is 5.24. The number of aromatic nitrogens is 1. The zero-order chi connectivity index (χ0) is 25.1. The van der Waals surface area contributed by atoms with Gasteiger partial charge in [-0.05, 0) is 76.6 Å². The molecule has 186 valence electrons. The van der Waals surface area contributed by atoms with Crippen LogP contribution in [-0.2, 0) is 28.1 Å². The van der Waals surface area contributed by atoms with Gasteiger partial charge in [-0.2, -0.15) is 13.2 Å². The van der Waals surface area contributed by atoms with Crippen LogP contribution in [0.25, 0.3) is 0 Å². The van der Waals surface area contributed by atoms with Crippen molar-refractivity contribution in [2.24, 2.45) is 0 Å². The Morgan fingerprint density at radius 1 is 1.03 bits per heavy atom. The van der Waals surface area contributed by atoms with Gasteiger partial charge in [0.1, 0.15) is 5.69 Å². The van der Waals surface area contributed by atoms with Gasteiger partial charge in [-0.25, -0.2) is 8.42 Å². The van der Waals surface area contributed by atoms with E-state index in [9.17, 15) is 26.4 Å². The number of likely N-dealkylation sites (tertiary alicyclic amines) is 1. The van der Waals surface area contributed by atoms with E-state index in [1.165, 1.54) is 16.7 Å². The van der Waals surface area contributed by atoms with Crippen molar-refractivity contribution >= 4 is 15.7 Å². The molecule has 0 N–H and O–H groups in total. The lowest BCUT2D eigenvalue weighted by Gasteiger charge is -2.50. The molecule has 4 rings (SSSR count). The van der Waals surface area contributed by atoms with Crippen LogP contribution in [0.15, 0.2) is 35.2 Å². The van der Waals surface area contributed by atoms with E-state index >= 15 is 0 Å². The number of hydrogen-bond acceptors (Lipinski definition) is 4. The molecule has 0 radical (unpaired) electrons. The summed E-state index contributed by atoms with van der Waals surface area (Å²) in [6.45, 7) is 6.54. The van der Waals surface area contributed by atoms with Gasteiger partial charge in [0.05, 0.1) is 15.7 Å². The number of likely N-dealkylation sites (N-methyl/N-ethyl adjacent to an activating group) is 1. The number of carbonyl (C=O) groups is 1. The average molecular weight is 498 g/mol. The molecule has 2 aliphatic heterocycles. The number of fused-ring (bicyclic) bond motifs is 2. The summed E-state index contributed by atoms with van der Waals surface area (Å²) < 4.78 is 66.7. The van der Waals surface area contributed by atoms with Crippen LogP contribution in [0.3, 0.4) is 0 Å². The molecular weight excluding hydrogens is 467 g/mol. The minimum atomic E-state index is -4.40. The van der Waals surface area contributed by atoms with E-state index in [-0.39, 0.29) is 17.3 Å². The lowest BCUT2D eigenvalue weighted by atomic mass is 9.81. The predicted octanol–water partition coefficient (Wildman–Crippen LogP) is 4.07. The fourth-order valence-corrected chi connectivity index (χ4v) is 6.38. The standard InChI is InChI=1S/C24H30F3N3O3S/c1-16(2)34(32,33)18-5-6-19(17(3)15-18)22(31)29-11-9-23(10-12-29)20-7-8-21(24(25,26)27)30(20)14-13-28(23)4/h5-8,15-16H,9-14H2,1-4H3. The molecule has 1 amide bonds. The highest BCUT2D eigenvalue weighted by atomic mass is 32.2. The number of halogens is 3. The number of amides is 1. The first-order valence-corrected chi connectivity index (χ1v) is 13.0.